The van der Waals surface area contributed by atoms with E-state index in [1.54, 1.807) is 6.07 Å². The fraction of sp³-hybridized carbons (Fsp3) is 0.125. The molecule has 106 valence electrons. The molecule has 0 saturated carbocycles. The molecule has 0 fully saturated rings. The van der Waals surface area contributed by atoms with E-state index in [2.05, 4.69) is 25.9 Å². The van der Waals surface area contributed by atoms with Gasteiger partial charge in [0, 0.05) is 9.86 Å². The molecule has 2 aromatic carbocycles. The van der Waals surface area contributed by atoms with Crippen LogP contribution in [0, 0.1) is 19.7 Å². The summed E-state index contributed by atoms with van der Waals surface area (Å²) >= 11 is 9.70. The SMILES string of the molecule is Cc1ccc(-c2nc(Cl)c3ccc(Br)c(C)c3n2)c(F)c1. The number of fused-ring (bicyclic) bond motifs is 1. The first-order valence-electron chi connectivity index (χ1n) is 6.36. The Kier molecular flexibility index (Phi) is 3.68. The predicted molar refractivity (Wildman–Crippen MR) is 87.1 cm³/mol. The molecule has 0 aliphatic carbocycles. The van der Waals surface area contributed by atoms with E-state index in [1.165, 1.54) is 6.07 Å². The molecule has 0 aliphatic rings. The summed E-state index contributed by atoms with van der Waals surface area (Å²) in [7, 11) is 0. The lowest BCUT2D eigenvalue weighted by Gasteiger charge is -2.09. The van der Waals surface area contributed by atoms with Crippen molar-refractivity contribution in [2.75, 3.05) is 0 Å². The van der Waals surface area contributed by atoms with Crippen LogP contribution in [-0.4, -0.2) is 9.97 Å². The van der Waals surface area contributed by atoms with E-state index in [9.17, 15) is 4.39 Å². The molecule has 0 spiro atoms. The molecule has 0 aliphatic heterocycles. The Morgan fingerprint density at radius 1 is 1.10 bits per heavy atom. The normalized spacial score (nSPS) is 11.1. The van der Waals surface area contributed by atoms with Gasteiger partial charge < -0.3 is 0 Å². The Morgan fingerprint density at radius 2 is 1.86 bits per heavy atom. The zero-order valence-corrected chi connectivity index (χ0v) is 13.8. The van der Waals surface area contributed by atoms with Gasteiger partial charge in [-0.15, -0.1) is 0 Å². The second-order valence-corrected chi connectivity index (χ2v) is 6.10. The van der Waals surface area contributed by atoms with Crippen molar-refractivity contribution in [2.45, 2.75) is 13.8 Å². The third-order valence-corrected chi connectivity index (χ3v) is 4.52. The van der Waals surface area contributed by atoms with Gasteiger partial charge in [-0.2, -0.15) is 0 Å². The topological polar surface area (TPSA) is 25.8 Å². The van der Waals surface area contributed by atoms with Crippen molar-refractivity contribution >= 4 is 38.4 Å². The van der Waals surface area contributed by atoms with Crippen molar-refractivity contribution in [3.05, 3.63) is 56.9 Å². The van der Waals surface area contributed by atoms with Gasteiger partial charge in [0.15, 0.2) is 5.82 Å². The van der Waals surface area contributed by atoms with E-state index in [-0.39, 0.29) is 5.82 Å². The minimum absolute atomic E-state index is 0.297. The third-order valence-electron chi connectivity index (χ3n) is 3.37. The summed E-state index contributed by atoms with van der Waals surface area (Å²) in [5, 5.41) is 1.08. The summed E-state index contributed by atoms with van der Waals surface area (Å²) in [6.45, 7) is 3.77. The summed E-state index contributed by atoms with van der Waals surface area (Å²) in [6.07, 6.45) is 0. The van der Waals surface area contributed by atoms with Crippen LogP contribution in [0.25, 0.3) is 22.3 Å². The quantitative estimate of drug-likeness (QED) is 0.534. The summed E-state index contributed by atoms with van der Waals surface area (Å²) in [5.74, 6) is -0.0516. The lowest BCUT2D eigenvalue weighted by molar-refractivity contribution is 0.629. The highest BCUT2D eigenvalue weighted by Gasteiger charge is 2.14. The highest BCUT2D eigenvalue weighted by molar-refractivity contribution is 9.10. The maximum absolute atomic E-state index is 14.1. The van der Waals surface area contributed by atoms with Crippen molar-refractivity contribution in [2.24, 2.45) is 0 Å². The molecule has 0 N–H and O–H groups in total. The van der Waals surface area contributed by atoms with Gasteiger partial charge in [-0.1, -0.05) is 33.6 Å². The Labute approximate surface area is 135 Å². The molecule has 3 aromatic rings. The van der Waals surface area contributed by atoms with Crippen LogP contribution in [0.4, 0.5) is 4.39 Å². The zero-order chi connectivity index (χ0) is 15.1. The molecular weight excluding hydrogens is 355 g/mol. The van der Waals surface area contributed by atoms with Gasteiger partial charge in [0.1, 0.15) is 11.0 Å². The number of hydrogen-bond donors (Lipinski definition) is 0. The molecule has 21 heavy (non-hydrogen) atoms. The molecule has 3 rings (SSSR count). The molecule has 0 radical (unpaired) electrons. The summed E-state index contributed by atoms with van der Waals surface area (Å²) in [4.78, 5) is 8.72. The second-order valence-electron chi connectivity index (χ2n) is 4.89. The van der Waals surface area contributed by atoms with Crippen LogP contribution >= 0.6 is 27.5 Å². The largest absolute Gasteiger partial charge is 0.227 e. The fourth-order valence-corrected chi connectivity index (χ4v) is 2.74. The van der Waals surface area contributed by atoms with Crippen LogP contribution in [-0.2, 0) is 0 Å². The minimum atomic E-state index is -0.349. The fourth-order valence-electron chi connectivity index (χ4n) is 2.19. The number of aromatic nitrogens is 2. The Bertz CT molecular complexity index is 865. The van der Waals surface area contributed by atoms with Crippen molar-refractivity contribution in [3.63, 3.8) is 0 Å². The maximum atomic E-state index is 14.1. The minimum Gasteiger partial charge on any atom is -0.227 e. The number of hydrogen-bond acceptors (Lipinski definition) is 2. The van der Waals surface area contributed by atoms with Crippen molar-refractivity contribution < 1.29 is 4.39 Å². The maximum Gasteiger partial charge on any atom is 0.164 e. The van der Waals surface area contributed by atoms with Crippen LogP contribution in [0.2, 0.25) is 5.15 Å². The van der Waals surface area contributed by atoms with E-state index >= 15 is 0 Å². The molecule has 2 nitrogen and oxygen atoms in total. The molecule has 0 amide bonds. The van der Waals surface area contributed by atoms with Gasteiger partial charge in [-0.3, -0.25) is 0 Å². The van der Waals surface area contributed by atoms with Crippen molar-refractivity contribution in [1.82, 2.24) is 9.97 Å². The van der Waals surface area contributed by atoms with E-state index in [0.717, 1.165) is 26.5 Å². The lowest BCUT2D eigenvalue weighted by Crippen LogP contribution is -1.96. The highest BCUT2D eigenvalue weighted by Crippen LogP contribution is 2.31. The number of halogens is 3. The highest BCUT2D eigenvalue weighted by atomic mass is 79.9. The lowest BCUT2D eigenvalue weighted by atomic mass is 10.1. The molecule has 0 bridgehead atoms. The first-order valence-corrected chi connectivity index (χ1v) is 7.53. The standard InChI is InChI=1S/C16H11BrClFN2/c1-8-3-4-10(13(19)7-8)16-20-14-9(2)12(17)6-5-11(14)15(18)21-16/h3-7H,1-2H3. The van der Waals surface area contributed by atoms with E-state index in [1.807, 2.05) is 32.0 Å². The Hall–Kier alpha value is -1.52. The number of benzene rings is 2. The van der Waals surface area contributed by atoms with Gasteiger partial charge in [-0.25, -0.2) is 14.4 Å². The van der Waals surface area contributed by atoms with E-state index in [4.69, 9.17) is 11.6 Å². The Balaban J connectivity index is 2.31. The van der Waals surface area contributed by atoms with Crippen LogP contribution in [0.3, 0.4) is 0 Å². The third kappa shape index (κ3) is 2.54. The number of rotatable bonds is 1. The molecular formula is C16H11BrClFN2. The first kappa shape index (κ1) is 14.4. The molecule has 0 unspecified atom stereocenters. The molecule has 0 saturated heterocycles. The predicted octanol–water partition coefficient (Wildman–Crippen LogP) is 5.47. The monoisotopic (exact) mass is 364 g/mol. The first-order chi connectivity index (χ1) is 9.97. The van der Waals surface area contributed by atoms with Crippen LogP contribution < -0.4 is 0 Å². The van der Waals surface area contributed by atoms with Gasteiger partial charge in [-0.05, 0) is 49.2 Å². The van der Waals surface area contributed by atoms with Gasteiger partial charge >= 0.3 is 0 Å². The van der Waals surface area contributed by atoms with Crippen LogP contribution in [0.15, 0.2) is 34.8 Å². The molecule has 1 aromatic heterocycles. The van der Waals surface area contributed by atoms with Gasteiger partial charge in [0.05, 0.1) is 11.1 Å². The molecule has 0 atom stereocenters. The molecule has 5 heteroatoms. The van der Waals surface area contributed by atoms with Gasteiger partial charge in [0.2, 0.25) is 0 Å². The number of nitrogens with zero attached hydrogens (tertiary/aromatic N) is 2. The molecule has 1 heterocycles. The summed E-state index contributed by atoms with van der Waals surface area (Å²) in [6, 6.07) is 8.72. The average Bonchev–Trinajstić information content (AvgIpc) is 2.43. The summed E-state index contributed by atoms with van der Waals surface area (Å²) < 4.78 is 15.0. The van der Waals surface area contributed by atoms with E-state index < -0.39 is 0 Å². The van der Waals surface area contributed by atoms with Crippen molar-refractivity contribution in [3.8, 4) is 11.4 Å². The smallest absolute Gasteiger partial charge is 0.164 e. The van der Waals surface area contributed by atoms with Crippen LogP contribution in [0.1, 0.15) is 11.1 Å². The average molecular weight is 366 g/mol. The van der Waals surface area contributed by atoms with E-state index in [0.29, 0.717) is 16.5 Å². The van der Waals surface area contributed by atoms with Gasteiger partial charge in [0.25, 0.3) is 0 Å². The summed E-state index contributed by atoms with van der Waals surface area (Å²) in [5.41, 5.74) is 2.87. The van der Waals surface area contributed by atoms with Crippen molar-refractivity contribution in [1.29, 1.82) is 0 Å². The Morgan fingerprint density at radius 3 is 2.57 bits per heavy atom. The van der Waals surface area contributed by atoms with Crippen LogP contribution in [0.5, 0.6) is 0 Å². The second kappa shape index (κ2) is 5.35. The number of aryl methyl sites for hydroxylation is 2. The zero-order valence-electron chi connectivity index (χ0n) is 11.4.